The number of fused-ring (bicyclic) bond motifs is 1. The van der Waals surface area contributed by atoms with Crippen LogP contribution >= 0.6 is 0 Å². The lowest BCUT2D eigenvalue weighted by molar-refractivity contribution is -0.394. The Morgan fingerprint density at radius 1 is 0.969 bits per heavy atom. The number of rotatable bonds is 5. The SMILES string of the molecule is Cc1ccc2oc(-c3cccc(NC(=O)c4cc([N+](=O)[O-])cc([N+](=O)[O-])c4)c3C)nc2c1. The molecule has 160 valence electrons. The Hall–Kier alpha value is -4.60. The van der Waals surface area contributed by atoms with E-state index in [2.05, 4.69) is 10.3 Å². The van der Waals surface area contributed by atoms with E-state index in [0.717, 1.165) is 23.8 Å². The van der Waals surface area contributed by atoms with Crippen LogP contribution in [0.3, 0.4) is 0 Å². The number of carbonyl (C=O) groups is 1. The van der Waals surface area contributed by atoms with Crippen molar-refractivity contribution in [3.8, 4) is 11.5 Å². The Kier molecular flexibility index (Phi) is 5.11. The number of aromatic nitrogens is 1. The number of non-ortho nitro benzene ring substituents is 2. The van der Waals surface area contributed by atoms with Gasteiger partial charge in [-0.15, -0.1) is 0 Å². The summed E-state index contributed by atoms with van der Waals surface area (Å²) in [5, 5.41) is 24.8. The van der Waals surface area contributed by atoms with Gasteiger partial charge in [0.25, 0.3) is 17.3 Å². The average Bonchev–Trinajstić information content (AvgIpc) is 3.17. The minimum absolute atomic E-state index is 0.201. The van der Waals surface area contributed by atoms with Crippen LogP contribution in [0.25, 0.3) is 22.6 Å². The molecule has 0 atom stereocenters. The van der Waals surface area contributed by atoms with E-state index in [4.69, 9.17) is 4.42 Å². The zero-order chi connectivity index (χ0) is 23.0. The van der Waals surface area contributed by atoms with Gasteiger partial charge >= 0.3 is 0 Å². The topological polar surface area (TPSA) is 141 Å². The molecular formula is C22H16N4O6. The molecule has 0 aliphatic carbocycles. The summed E-state index contributed by atoms with van der Waals surface area (Å²) in [7, 11) is 0. The Morgan fingerprint density at radius 3 is 2.31 bits per heavy atom. The lowest BCUT2D eigenvalue weighted by atomic mass is 10.1. The van der Waals surface area contributed by atoms with Crippen molar-refractivity contribution >= 4 is 34.1 Å². The molecule has 1 heterocycles. The van der Waals surface area contributed by atoms with Gasteiger partial charge in [0.05, 0.1) is 21.5 Å². The van der Waals surface area contributed by atoms with Gasteiger partial charge in [0.15, 0.2) is 5.58 Å². The molecule has 0 unspecified atom stereocenters. The van der Waals surface area contributed by atoms with Crippen molar-refractivity contribution in [1.29, 1.82) is 0 Å². The molecule has 0 aliphatic rings. The molecule has 32 heavy (non-hydrogen) atoms. The Morgan fingerprint density at radius 2 is 1.66 bits per heavy atom. The van der Waals surface area contributed by atoms with E-state index in [1.54, 1.807) is 25.1 Å². The number of carbonyl (C=O) groups excluding carboxylic acids is 1. The largest absolute Gasteiger partial charge is 0.436 e. The third-order valence-corrected chi connectivity index (χ3v) is 4.94. The summed E-state index contributed by atoms with van der Waals surface area (Å²) in [6, 6.07) is 13.6. The van der Waals surface area contributed by atoms with E-state index >= 15 is 0 Å². The molecule has 0 saturated heterocycles. The molecule has 0 spiro atoms. The molecule has 1 amide bonds. The van der Waals surface area contributed by atoms with Crippen molar-refractivity contribution in [3.05, 3.63) is 91.5 Å². The van der Waals surface area contributed by atoms with Crippen LogP contribution in [0.15, 0.2) is 59.0 Å². The number of oxazole rings is 1. The smallest absolute Gasteiger partial charge is 0.277 e. The predicted molar refractivity (Wildman–Crippen MR) is 117 cm³/mol. The van der Waals surface area contributed by atoms with Crippen molar-refractivity contribution in [2.24, 2.45) is 0 Å². The van der Waals surface area contributed by atoms with Crippen LogP contribution in [0.1, 0.15) is 21.5 Å². The summed E-state index contributed by atoms with van der Waals surface area (Å²) in [5.74, 6) is -0.338. The van der Waals surface area contributed by atoms with Crippen LogP contribution in [0.5, 0.6) is 0 Å². The number of aryl methyl sites for hydroxylation is 1. The molecule has 0 saturated carbocycles. The highest BCUT2D eigenvalue weighted by Crippen LogP contribution is 2.31. The fourth-order valence-corrected chi connectivity index (χ4v) is 3.29. The number of nitro groups is 2. The summed E-state index contributed by atoms with van der Waals surface area (Å²) >= 11 is 0. The molecule has 3 aromatic carbocycles. The van der Waals surface area contributed by atoms with Gasteiger partial charge in [-0.1, -0.05) is 12.1 Å². The first-order chi connectivity index (χ1) is 15.2. The Bertz CT molecular complexity index is 1380. The average molecular weight is 432 g/mol. The van der Waals surface area contributed by atoms with Crippen molar-refractivity contribution in [2.45, 2.75) is 13.8 Å². The molecule has 4 rings (SSSR count). The van der Waals surface area contributed by atoms with Crippen molar-refractivity contribution in [1.82, 2.24) is 4.98 Å². The predicted octanol–water partition coefficient (Wildman–Crippen LogP) is 5.18. The summed E-state index contributed by atoms with van der Waals surface area (Å²) in [6.45, 7) is 3.72. The van der Waals surface area contributed by atoms with Crippen LogP contribution in [0.4, 0.5) is 17.1 Å². The second kappa shape index (κ2) is 7.91. The maximum atomic E-state index is 12.7. The van der Waals surface area contributed by atoms with Crippen LogP contribution in [0, 0.1) is 34.1 Å². The van der Waals surface area contributed by atoms with Crippen LogP contribution in [-0.2, 0) is 0 Å². The monoisotopic (exact) mass is 432 g/mol. The maximum absolute atomic E-state index is 12.7. The van der Waals surface area contributed by atoms with E-state index < -0.39 is 27.1 Å². The molecular weight excluding hydrogens is 416 g/mol. The first-order valence-corrected chi connectivity index (χ1v) is 9.45. The van der Waals surface area contributed by atoms with Gasteiger partial charge in [0, 0.05) is 23.4 Å². The number of nitrogens with one attached hydrogen (secondary N) is 1. The fraction of sp³-hybridized carbons (Fsp3) is 0.0909. The number of anilines is 1. The van der Waals surface area contributed by atoms with Gasteiger partial charge in [-0.2, -0.15) is 0 Å². The zero-order valence-electron chi connectivity index (χ0n) is 17.0. The van der Waals surface area contributed by atoms with Gasteiger partial charge in [0.1, 0.15) is 5.52 Å². The summed E-state index contributed by atoms with van der Waals surface area (Å²) < 4.78 is 5.84. The van der Waals surface area contributed by atoms with E-state index in [-0.39, 0.29) is 5.56 Å². The summed E-state index contributed by atoms with van der Waals surface area (Å²) in [5.41, 5.74) is 2.81. The summed E-state index contributed by atoms with van der Waals surface area (Å²) in [4.78, 5) is 37.9. The number of nitro benzene ring substituents is 2. The van der Waals surface area contributed by atoms with E-state index in [1.165, 1.54) is 0 Å². The van der Waals surface area contributed by atoms with E-state index in [1.807, 2.05) is 25.1 Å². The van der Waals surface area contributed by atoms with E-state index in [9.17, 15) is 25.0 Å². The van der Waals surface area contributed by atoms with E-state index in [0.29, 0.717) is 33.8 Å². The molecule has 0 bridgehead atoms. The number of amides is 1. The third-order valence-electron chi connectivity index (χ3n) is 4.94. The molecule has 0 radical (unpaired) electrons. The molecule has 0 fully saturated rings. The zero-order valence-corrected chi connectivity index (χ0v) is 17.0. The van der Waals surface area contributed by atoms with Gasteiger partial charge in [-0.3, -0.25) is 25.0 Å². The van der Waals surface area contributed by atoms with Crippen LogP contribution < -0.4 is 5.32 Å². The highest BCUT2D eigenvalue weighted by molar-refractivity contribution is 6.05. The molecule has 0 aliphatic heterocycles. The Balaban J connectivity index is 1.69. The van der Waals surface area contributed by atoms with Gasteiger partial charge < -0.3 is 9.73 Å². The molecule has 10 heteroatoms. The first-order valence-electron chi connectivity index (χ1n) is 9.45. The lowest BCUT2D eigenvalue weighted by Gasteiger charge is -2.11. The van der Waals surface area contributed by atoms with Crippen molar-refractivity contribution in [2.75, 3.05) is 5.32 Å². The number of nitrogens with zero attached hydrogens (tertiary/aromatic N) is 3. The van der Waals surface area contributed by atoms with Crippen molar-refractivity contribution < 1.29 is 19.1 Å². The standard InChI is InChI=1S/C22H16N4O6/c1-12-6-7-20-19(8-12)24-22(32-20)17-4-3-5-18(13(17)2)23-21(27)14-9-15(25(28)29)11-16(10-14)26(30)31/h3-11H,1-2H3,(H,23,27). The Labute approximate surface area is 180 Å². The molecule has 4 aromatic rings. The van der Waals surface area contributed by atoms with Crippen LogP contribution in [-0.4, -0.2) is 20.7 Å². The maximum Gasteiger partial charge on any atom is 0.277 e. The first kappa shape index (κ1) is 20.7. The minimum Gasteiger partial charge on any atom is -0.436 e. The third kappa shape index (κ3) is 3.88. The fourth-order valence-electron chi connectivity index (χ4n) is 3.29. The molecule has 1 aromatic heterocycles. The number of hydrogen-bond donors (Lipinski definition) is 1. The van der Waals surface area contributed by atoms with Gasteiger partial charge in [-0.25, -0.2) is 4.98 Å². The number of benzene rings is 3. The number of hydrogen-bond acceptors (Lipinski definition) is 7. The molecule has 10 nitrogen and oxygen atoms in total. The van der Waals surface area contributed by atoms with Crippen LogP contribution in [0.2, 0.25) is 0 Å². The van der Waals surface area contributed by atoms with Gasteiger partial charge in [0.2, 0.25) is 5.89 Å². The second-order valence-electron chi connectivity index (χ2n) is 7.17. The minimum atomic E-state index is -0.787. The lowest BCUT2D eigenvalue weighted by Crippen LogP contribution is -2.13. The van der Waals surface area contributed by atoms with Gasteiger partial charge in [-0.05, 0) is 49.2 Å². The highest BCUT2D eigenvalue weighted by atomic mass is 16.6. The summed E-state index contributed by atoms with van der Waals surface area (Å²) in [6.07, 6.45) is 0. The molecule has 1 N–H and O–H groups in total. The second-order valence-corrected chi connectivity index (χ2v) is 7.17. The van der Waals surface area contributed by atoms with Crippen molar-refractivity contribution in [3.63, 3.8) is 0 Å². The normalized spacial score (nSPS) is 10.8. The highest BCUT2D eigenvalue weighted by Gasteiger charge is 2.21. The quantitative estimate of drug-likeness (QED) is 0.338.